The van der Waals surface area contributed by atoms with E-state index in [0.29, 0.717) is 0 Å². The van der Waals surface area contributed by atoms with Crippen LogP contribution < -0.4 is 3.51 Å². The number of aryl methyl sites for hydroxylation is 1. The normalized spacial score (nSPS) is 8.79. The molecule has 9 heteroatoms. The third-order valence-electron chi connectivity index (χ3n) is 3.57. The Morgan fingerprint density at radius 1 is 0.893 bits per heavy atom. The summed E-state index contributed by atoms with van der Waals surface area (Å²) < 4.78 is 16.7. The van der Waals surface area contributed by atoms with Crippen LogP contribution in [0.15, 0.2) is 24.3 Å². The molecule has 0 aliphatic heterocycles. The van der Waals surface area contributed by atoms with Gasteiger partial charge in [-0.2, -0.15) is 0 Å². The van der Waals surface area contributed by atoms with E-state index < -0.39 is 20.7 Å². The second-order valence-corrected chi connectivity index (χ2v) is 7.56. The molecule has 0 N–H and O–H groups in total. The van der Waals surface area contributed by atoms with Crippen LogP contribution >= 0.6 is 0 Å². The van der Waals surface area contributed by atoms with Crippen LogP contribution in [0.4, 0.5) is 0 Å². The first kappa shape index (κ1) is 23.7. The molecule has 7 nitrogen and oxygen atoms in total. The summed E-state index contributed by atoms with van der Waals surface area (Å²) >= 11 is 0.0407. The summed E-state index contributed by atoms with van der Waals surface area (Å²) in [4.78, 5) is 0. The first-order chi connectivity index (χ1) is 13.5. The van der Waals surface area contributed by atoms with Crippen molar-refractivity contribution >= 4 is 48.6 Å². The SMILES string of the molecule is Cc1cc[c]([K])cc1.N#CCc1c(C#N)c(C#N)c([O][Co]=[O])c(C#N)c1C#N. The molecule has 0 unspecified atom stereocenters. The first-order valence-corrected chi connectivity index (χ1v) is 10.0. The Kier molecular flexibility index (Phi) is 10.3. The molecule has 2 aromatic carbocycles. The van der Waals surface area contributed by atoms with Crippen LogP contribution in [0.1, 0.15) is 33.4 Å². The van der Waals surface area contributed by atoms with E-state index in [9.17, 15) is 3.87 Å². The second kappa shape index (κ2) is 12.2. The van der Waals surface area contributed by atoms with Gasteiger partial charge in [0.2, 0.25) is 0 Å². The van der Waals surface area contributed by atoms with Gasteiger partial charge in [-0.25, -0.2) is 0 Å². The van der Waals surface area contributed by atoms with Crippen LogP contribution in [0.25, 0.3) is 0 Å². The first-order valence-electron chi connectivity index (χ1n) is 7.62. The average Bonchev–Trinajstić information content (AvgIpc) is 2.70. The Labute approximate surface area is 202 Å². The molecule has 0 bridgehead atoms. The van der Waals surface area contributed by atoms with Gasteiger partial charge in [-0.1, -0.05) is 0 Å². The van der Waals surface area contributed by atoms with Gasteiger partial charge in [0, 0.05) is 0 Å². The topological polar surface area (TPSA) is 145 Å². The van der Waals surface area contributed by atoms with Gasteiger partial charge in [-0.05, 0) is 0 Å². The number of rotatable bonds is 3. The standard InChI is InChI=1S/C12H3N5O.C7H7.Co.K.O/c13-2-1-7-8(3-14)10(5-16)12(18)11(6-17)9(7)4-15;1-7-5-3-2-4-6-7;;;/h18H,1H2;3-6H,1H3;;;/q;;+1;;/p-1. The molecule has 0 saturated heterocycles. The molecule has 0 amide bonds. The van der Waals surface area contributed by atoms with Gasteiger partial charge in [0.1, 0.15) is 0 Å². The van der Waals surface area contributed by atoms with Crippen LogP contribution in [0.3, 0.4) is 0 Å². The predicted octanol–water partition coefficient (Wildman–Crippen LogP) is 1.75. The molecule has 0 heterocycles. The molecular weight excluding hydrogens is 428 g/mol. The summed E-state index contributed by atoms with van der Waals surface area (Å²) in [5, 5.41) is 45.1. The number of benzene rings is 2. The fourth-order valence-corrected chi connectivity index (χ4v) is 3.05. The average molecular weight is 437 g/mol. The molecule has 0 aliphatic rings. The number of hydrogen-bond acceptors (Lipinski definition) is 7. The minimum atomic E-state index is -0.807. The maximum absolute atomic E-state index is 10.6. The molecule has 0 aromatic heterocycles. The van der Waals surface area contributed by atoms with Crippen LogP contribution in [0.5, 0.6) is 5.75 Å². The van der Waals surface area contributed by atoms with Gasteiger partial charge in [-0.3, -0.25) is 0 Å². The summed E-state index contributed by atoms with van der Waals surface area (Å²) in [6.45, 7) is 2.12. The molecule has 0 saturated carbocycles. The van der Waals surface area contributed by atoms with Gasteiger partial charge in [0.05, 0.1) is 0 Å². The van der Waals surface area contributed by atoms with Gasteiger partial charge >= 0.3 is 205 Å². The maximum atomic E-state index is 10.6. The van der Waals surface area contributed by atoms with E-state index in [4.69, 9.17) is 26.3 Å². The van der Waals surface area contributed by atoms with Crippen LogP contribution in [0, 0.1) is 63.6 Å². The van der Waals surface area contributed by atoms with Crippen molar-refractivity contribution in [1.82, 2.24) is 0 Å². The zero-order chi connectivity index (χ0) is 21.1. The zero-order valence-electron chi connectivity index (χ0n) is 14.9. The third kappa shape index (κ3) is 5.81. The molecule has 132 valence electrons. The van der Waals surface area contributed by atoms with Crippen molar-refractivity contribution < 1.29 is 22.7 Å². The molecule has 2 aromatic rings. The van der Waals surface area contributed by atoms with Crippen LogP contribution in [0.2, 0.25) is 0 Å². The number of nitriles is 5. The van der Waals surface area contributed by atoms with Crippen molar-refractivity contribution in [1.29, 1.82) is 26.3 Å². The van der Waals surface area contributed by atoms with E-state index in [1.54, 1.807) is 30.3 Å². The minimum absolute atomic E-state index is 0.0138. The second-order valence-electron chi connectivity index (χ2n) is 5.37. The molecule has 0 spiro atoms. The van der Waals surface area contributed by atoms with E-state index >= 15 is 0 Å². The van der Waals surface area contributed by atoms with Crippen LogP contribution in [-0.4, -0.2) is 49.0 Å². The fourth-order valence-electron chi connectivity index (χ4n) is 2.23. The Hall–Kier alpha value is -2.37. The molecule has 28 heavy (non-hydrogen) atoms. The monoisotopic (exact) mass is 437 g/mol. The summed E-state index contributed by atoms with van der Waals surface area (Å²) in [6.07, 6.45) is -0.315. The van der Waals surface area contributed by atoms with Gasteiger partial charge in [0.25, 0.3) is 0 Å². The van der Waals surface area contributed by atoms with Crippen LogP contribution in [-0.2, 0) is 25.2 Å². The van der Waals surface area contributed by atoms with Gasteiger partial charge in [0.15, 0.2) is 0 Å². The molecule has 0 fully saturated rings. The summed E-state index contributed by atoms with van der Waals surface area (Å²) in [6, 6.07) is 17.2. The summed E-state index contributed by atoms with van der Waals surface area (Å²) in [5.74, 6) is -0.403. The van der Waals surface area contributed by atoms with E-state index in [-0.39, 0.29) is 34.2 Å². The molecule has 0 aliphatic carbocycles. The Morgan fingerprint density at radius 3 is 1.68 bits per heavy atom. The number of hydrogen-bond donors (Lipinski definition) is 0. The fraction of sp³-hybridized carbons (Fsp3) is 0.105. The summed E-state index contributed by atoms with van der Waals surface area (Å²) in [5.41, 5.74) is 0.231. The Morgan fingerprint density at radius 2 is 1.36 bits per heavy atom. The van der Waals surface area contributed by atoms with E-state index in [1.807, 2.05) is 0 Å². The van der Waals surface area contributed by atoms with Crippen molar-refractivity contribution in [2.45, 2.75) is 13.3 Å². The molecule has 0 atom stereocenters. The quantitative estimate of drug-likeness (QED) is 0.665. The van der Waals surface area contributed by atoms with E-state index in [0.717, 1.165) is 49.0 Å². The third-order valence-corrected chi connectivity index (χ3v) is 4.92. The zero-order valence-corrected chi connectivity index (χ0v) is 19.1. The molecular formula is C19H9CoKN5O2. The van der Waals surface area contributed by atoms with Gasteiger partial charge in [-0.15, -0.1) is 0 Å². The van der Waals surface area contributed by atoms with Crippen molar-refractivity contribution in [3.8, 4) is 36.1 Å². The van der Waals surface area contributed by atoms with E-state index in [1.165, 1.54) is 5.22 Å². The van der Waals surface area contributed by atoms with Crippen molar-refractivity contribution in [3.63, 3.8) is 0 Å². The Bertz CT molecular complexity index is 1040. The molecule has 0 radical (unpaired) electrons. The van der Waals surface area contributed by atoms with Crippen molar-refractivity contribution in [2.24, 2.45) is 0 Å². The van der Waals surface area contributed by atoms with Crippen molar-refractivity contribution in [3.05, 3.63) is 57.6 Å². The molecule has 2 rings (SSSR count). The Balaban J connectivity index is 0.000000406. The van der Waals surface area contributed by atoms with E-state index in [2.05, 4.69) is 35.0 Å². The predicted molar refractivity (Wildman–Crippen MR) is 92.5 cm³/mol. The summed E-state index contributed by atoms with van der Waals surface area (Å²) in [7, 11) is 0. The van der Waals surface area contributed by atoms with Gasteiger partial charge < -0.3 is 0 Å². The number of nitrogens with zero attached hydrogens (tertiary/aromatic N) is 5. The van der Waals surface area contributed by atoms with Crippen molar-refractivity contribution in [2.75, 3.05) is 0 Å².